The van der Waals surface area contributed by atoms with Gasteiger partial charge in [-0.2, -0.15) is 4.37 Å². The zero-order chi connectivity index (χ0) is 13.5. The molecule has 0 spiro atoms. The van der Waals surface area contributed by atoms with Crippen molar-refractivity contribution in [1.82, 2.24) is 9.69 Å². The summed E-state index contributed by atoms with van der Waals surface area (Å²) in [5.41, 5.74) is 0.986. The number of nitrogens with one attached hydrogen (secondary N) is 2. The zero-order valence-corrected chi connectivity index (χ0v) is 11.6. The predicted octanol–water partition coefficient (Wildman–Crippen LogP) is 1.86. The number of amides is 1. The Morgan fingerprint density at radius 3 is 3.05 bits per heavy atom. The summed E-state index contributed by atoms with van der Waals surface area (Å²) >= 11 is 1.42. The van der Waals surface area contributed by atoms with Crippen molar-refractivity contribution in [2.45, 2.75) is 6.42 Å². The fraction of sp³-hybridized carbons (Fsp3) is 0.385. The first-order chi connectivity index (χ1) is 9.31. The number of nitrogens with zero attached hydrogens (tertiary/aromatic N) is 1. The molecule has 0 aliphatic carbocycles. The lowest BCUT2D eigenvalue weighted by atomic mass is 10.2. The minimum atomic E-state index is 0.0263. The highest BCUT2D eigenvalue weighted by Gasteiger charge is 2.05. The molecule has 19 heavy (non-hydrogen) atoms. The average Bonchev–Trinajstić information content (AvgIpc) is 2.83. The van der Waals surface area contributed by atoms with Gasteiger partial charge < -0.3 is 15.4 Å². The molecule has 1 aromatic heterocycles. The zero-order valence-electron chi connectivity index (χ0n) is 10.8. The third kappa shape index (κ3) is 3.90. The van der Waals surface area contributed by atoms with Crippen molar-refractivity contribution in [3.8, 4) is 0 Å². The van der Waals surface area contributed by atoms with Crippen LogP contribution in [0, 0.1) is 0 Å². The van der Waals surface area contributed by atoms with Gasteiger partial charge in [0.25, 0.3) is 0 Å². The van der Waals surface area contributed by atoms with Gasteiger partial charge in [-0.3, -0.25) is 4.79 Å². The van der Waals surface area contributed by atoms with Crippen molar-refractivity contribution in [1.29, 1.82) is 0 Å². The van der Waals surface area contributed by atoms with E-state index >= 15 is 0 Å². The molecule has 0 radical (unpaired) electrons. The van der Waals surface area contributed by atoms with E-state index in [9.17, 15) is 4.79 Å². The van der Waals surface area contributed by atoms with Crippen molar-refractivity contribution in [3.05, 3.63) is 24.3 Å². The number of fused-ring (bicyclic) bond motifs is 1. The van der Waals surface area contributed by atoms with E-state index in [-0.39, 0.29) is 5.91 Å². The number of anilines is 1. The number of hydrogen-bond donors (Lipinski definition) is 2. The molecule has 0 fully saturated rings. The van der Waals surface area contributed by atoms with E-state index in [1.54, 1.807) is 7.11 Å². The van der Waals surface area contributed by atoms with Crippen molar-refractivity contribution in [3.63, 3.8) is 0 Å². The molecular weight excluding hydrogens is 262 g/mol. The lowest BCUT2D eigenvalue weighted by Crippen LogP contribution is -2.28. The standard InChI is InChI=1S/C13H17N3O2S/c1-18-9-8-14-12(17)6-7-15-13-10-4-2-3-5-11(10)16-19-13/h2-5,15H,6-9H2,1H3,(H,14,17). The molecule has 1 amide bonds. The van der Waals surface area contributed by atoms with E-state index in [1.165, 1.54) is 11.5 Å². The van der Waals surface area contributed by atoms with Gasteiger partial charge in [-0.1, -0.05) is 12.1 Å². The molecule has 1 heterocycles. The van der Waals surface area contributed by atoms with Crippen LogP contribution in [0.5, 0.6) is 0 Å². The van der Waals surface area contributed by atoms with E-state index in [0.717, 1.165) is 15.9 Å². The van der Waals surface area contributed by atoms with Crippen LogP contribution >= 0.6 is 11.5 Å². The van der Waals surface area contributed by atoms with Gasteiger partial charge in [0.1, 0.15) is 5.00 Å². The summed E-state index contributed by atoms with van der Waals surface area (Å²) in [5.74, 6) is 0.0263. The van der Waals surface area contributed by atoms with Crippen LogP contribution < -0.4 is 10.6 Å². The number of methoxy groups -OCH3 is 1. The molecule has 0 unspecified atom stereocenters. The van der Waals surface area contributed by atoms with Gasteiger partial charge in [0.15, 0.2) is 0 Å². The summed E-state index contributed by atoms with van der Waals surface area (Å²) < 4.78 is 9.21. The van der Waals surface area contributed by atoms with Crippen molar-refractivity contribution in [2.75, 3.05) is 32.1 Å². The Labute approximate surface area is 116 Å². The van der Waals surface area contributed by atoms with E-state index in [1.807, 2.05) is 24.3 Å². The second-order valence-corrected chi connectivity index (χ2v) is 4.82. The van der Waals surface area contributed by atoms with Crippen molar-refractivity contribution < 1.29 is 9.53 Å². The fourth-order valence-corrected chi connectivity index (χ4v) is 2.47. The quantitative estimate of drug-likeness (QED) is 0.759. The van der Waals surface area contributed by atoms with Gasteiger partial charge in [0.2, 0.25) is 5.91 Å². The first-order valence-corrected chi connectivity index (χ1v) is 6.92. The molecular formula is C13H17N3O2S. The van der Waals surface area contributed by atoms with Crippen molar-refractivity contribution >= 4 is 33.3 Å². The van der Waals surface area contributed by atoms with Crippen LogP contribution in [0.4, 0.5) is 5.00 Å². The van der Waals surface area contributed by atoms with Crippen LogP contribution in [-0.2, 0) is 9.53 Å². The lowest BCUT2D eigenvalue weighted by molar-refractivity contribution is -0.121. The molecule has 0 aliphatic heterocycles. The lowest BCUT2D eigenvalue weighted by Gasteiger charge is -2.05. The first-order valence-electron chi connectivity index (χ1n) is 6.15. The van der Waals surface area contributed by atoms with Gasteiger partial charge in [0, 0.05) is 32.0 Å². The third-order valence-electron chi connectivity index (χ3n) is 2.65. The second-order valence-electron chi connectivity index (χ2n) is 4.05. The normalized spacial score (nSPS) is 10.6. The summed E-state index contributed by atoms with van der Waals surface area (Å²) in [5, 5.41) is 8.16. The molecule has 0 bridgehead atoms. The fourth-order valence-electron chi connectivity index (χ4n) is 1.69. The topological polar surface area (TPSA) is 63.2 Å². The second kappa shape index (κ2) is 7.06. The molecule has 0 saturated heterocycles. The number of carbonyl (C=O) groups is 1. The number of rotatable bonds is 7. The molecule has 0 aliphatic rings. The molecule has 102 valence electrons. The molecule has 2 aromatic rings. The van der Waals surface area contributed by atoms with Gasteiger partial charge in [-0.05, 0) is 23.7 Å². The Bertz CT molecular complexity index is 541. The van der Waals surface area contributed by atoms with E-state index in [0.29, 0.717) is 26.1 Å². The molecule has 0 saturated carbocycles. The van der Waals surface area contributed by atoms with Crippen LogP contribution in [-0.4, -0.2) is 37.1 Å². The third-order valence-corrected chi connectivity index (χ3v) is 3.48. The largest absolute Gasteiger partial charge is 0.383 e. The molecule has 2 N–H and O–H groups in total. The summed E-state index contributed by atoms with van der Waals surface area (Å²) in [7, 11) is 1.61. The van der Waals surface area contributed by atoms with Gasteiger partial charge >= 0.3 is 0 Å². The van der Waals surface area contributed by atoms with Gasteiger partial charge in [-0.15, -0.1) is 0 Å². The minimum absolute atomic E-state index is 0.0263. The molecule has 2 rings (SSSR count). The molecule has 6 heteroatoms. The Morgan fingerprint density at radius 1 is 1.37 bits per heavy atom. The van der Waals surface area contributed by atoms with Crippen LogP contribution in [0.15, 0.2) is 24.3 Å². The minimum Gasteiger partial charge on any atom is -0.383 e. The Hall–Kier alpha value is -1.66. The maximum atomic E-state index is 11.5. The number of hydrogen-bond acceptors (Lipinski definition) is 5. The number of carbonyl (C=O) groups excluding carboxylic acids is 1. The van der Waals surface area contributed by atoms with E-state index in [2.05, 4.69) is 15.0 Å². The molecule has 5 nitrogen and oxygen atoms in total. The Kier molecular flexibility index (Phi) is 5.11. The smallest absolute Gasteiger partial charge is 0.221 e. The number of ether oxygens (including phenoxy) is 1. The summed E-state index contributed by atoms with van der Waals surface area (Å²) in [4.78, 5) is 11.5. The van der Waals surface area contributed by atoms with Crippen LogP contribution in [0.25, 0.3) is 10.9 Å². The van der Waals surface area contributed by atoms with Gasteiger partial charge in [-0.25, -0.2) is 0 Å². The summed E-state index contributed by atoms with van der Waals surface area (Å²) in [6.45, 7) is 1.70. The highest BCUT2D eigenvalue weighted by molar-refractivity contribution is 7.11. The van der Waals surface area contributed by atoms with Crippen molar-refractivity contribution in [2.24, 2.45) is 0 Å². The van der Waals surface area contributed by atoms with E-state index < -0.39 is 0 Å². The average molecular weight is 279 g/mol. The monoisotopic (exact) mass is 279 g/mol. The van der Waals surface area contributed by atoms with Crippen LogP contribution in [0.1, 0.15) is 6.42 Å². The van der Waals surface area contributed by atoms with Crippen LogP contribution in [0.2, 0.25) is 0 Å². The van der Waals surface area contributed by atoms with E-state index in [4.69, 9.17) is 4.74 Å². The maximum absolute atomic E-state index is 11.5. The van der Waals surface area contributed by atoms with Gasteiger partial charge in [0.05, 0.1) is 12.1 Å². The van der Waals surface area contributed by atoms with Crippen LogP contribution in [0.3, 0.4) is 0 Å². The maximum Gasteiger partial charge on any atom is 0.221 e. The predicted molar refractivity (Wildman–Crippen MR) is 77.6 cm³/mol. The number of aromatic nitrogens is 1. The SMILES string of the molecule is COCCNC(=O)CCNc1snc2ccccc12. The molecule has 0 atom stereocenters. The summed E-state index contributed by atoms with van der Waals surface area (Å²) in [6.07, 6.45) is 0.440. The highest BCUT2D eigenvalue weighted by atomic mass is 32.1. The summed E-state index contributed by atoms with van der Waals surface area (Å²) in [6, 6.07) is 7.96. The Balaban J connectivity index is 1.78. The first kappa shape index (κ1) is 13.8. The highest BCUT2D eigenvalue weighted by Crippen LogP contribution is 2.26. The molecule has 1 aromatic carbocycles. The number of benzene rings is 1. The Morgan fingerprint density at radius 2 is 2.21 bits per heavy atom.